The maximum Gasteiger partial charge on any atom is 0.310 e. The molecule has 3 N–H and O–H groups in total. The number of carbonyl (C=O) groups is 1. The van der Waals surface area contributed by atoms with Crippen molar-refractivity contribution in [1.29, 1.82) is 0 Å². The van der Waals surface area contributed by atoms with Crippen molar-refractivity contribution in [3.63, 3.8) is 0 Å². The molecule has 0 fully saturated rings. The van der Waals surface area contributed by atoms with Crippen molar-refractivity contribution >= 4 is 16.9 Å². The van der Waals surface area contributed by atoms with E-state index in [2.05, 4.69) is 4.98 Å². The number of aliphatic hydroxyl groups excluding tert-OH is 2. The van der Waals surface area contributed by atoms with Gasteiger partial charge in [-0.3, -0.25) is 4.79 Å². The van der Waals surface area contributed by atoms with Crippen LogP contribution in [0.2, 0.25) is 0 Å². The second-order valence-corrected chi connectivity index (χ2v) is 4.84. The van der Waals surface area contributed by atoms with Gasteiger partial charge in [-0.1, -0.05) is 0 Å². The van der Waals surface area contributed by atoms with Crippen LogP contribution in [0, 0.1) is 6.92 Å². The molecule has 6 heteroatoms. The lowest BCUT2D eigenvalue weighted by molar-refractivity contribution is -0.146. The fourth-order valence-corrected chi connectivity index (χ4v) is 2.15. The number of aromatic amines is 1. The van der Waals surface area contributed by atoms with Crippen LogP contribution in [0.25, 0.3) is 10.9 Å². The molecule has 2 aromatic rings. The van der Waals surface area contributed by atoms with Gasteiger partial charge in [-0.15, -0.1) is 0 Å². The summed E-state index contributed by atoms with van der Waals surface area (Å²) in [4.78, 5) is 15.0. The molecule has 114 valence electrons. The first kappa shape index (κ1) is 15.3. The normalized spacial score (nSPS) is 12.4. The highest BCUT2D eigenvalue weighted by atomic mass is 16.5. The van der Waals surface area contributed by atoms with Gasteiger partial charge in [-0.25, -0.2) is 0 Å². The summed E-state index contributed by atoms with van der Waals surface area (Å²) in [6, 6.07) is 5.60. The van der Waals surface area contributed by atoms with Gasteiger partial charge in [0.25, 0.3) is 0 Å². The van der Waals surface area contributed by atoms with Crippen molar-refractivity contribution < 1.29 is 24.5 Å². The Labute approximate surface area is 122 Å². The Morgan fingerprint density at radius 1 is 1.43 bits per heavy atom. The second-order valence-electron chi connectivity index (χ2n) is 4.84. The van der Waals surface area contributed by atoms with Crippen LogP contribution in [0.4, 0.5) is 0 Å². The number of ether oxygens (including phenoxy) is 2. The highest BCUT2D eigenvalue weighted by Gasteiger charge is 2.15. The highest BCUT2D eigenvalue weighted by molar-refractivity contribution is 5.89. The second kappa shape index (κ2) is 6.60. The van der Waals surface area contributed by atoms with E-state index >= 15 is 0 Å². The number of hydrogen-bond donors (Lipinski definition) is 3. The molecule has 21 heavy (non-hydrogen) atoms. The van der Waals surface area contributed by atoms with E-state index < -0.39 is 18.7 Å². The Hall–Kier alpha value is -2.05. The fourth-order valence-electron chi connectivity index (χ4n) is 2.15. The summed E-state index contributed by atoms with van der Waals surface area (Å²) in [6.07, 6.45) is -0.949. The quantitative estimate of drug-likeness (QED) is 0.689. The third kappa shape index (κ3) is 3.53. The smallest absolute Gasteiger partial charge is 0.310 e. The molecule has 0 aliphatic heterocycles. The van der Waals surface area contributed by atoms with Crippen molar-refractivity contribution in [2.24, 2.45) is 0 Å². The van der Waals surface area contributed by atoms with Crippen LogP contribution in [0.3, 0.4) is 0 Å². The number of aryl methyl sites for hydroxylation is 1. The summed E-state index contributed by atoms with van der Waals surface area (Å²) < 4.78 is 10.1. The number of hydrogen-bond acceptors (Lipinski definition) is 5. The van der Waals surface area contributed by atoms with Gasteiger partial charge < -0.3 is 24.7 Å². The van der Waals surface area contributed by atoms with E-state index in [1.165, 1.54) is 0 Å². The summed E-state index contributed by atoms with van der Waals surface area (Å²) >= 11 is 0. The third-order valence-corrected chi connectivity index (χ3v) is 3.30. The number of methoxy groups -OCH3 is 1. The van der Waals surface area contributed by atoms with Crippen molar-refractivity contribution in [2.75, 3.05) is 20.3 Å². The van der Waals surface area contributed by atoms with Gasteiger partial charge in [0.1, 0.15) is 18.5 Å². The van der Waals surface area contributed by atoms with Gasteiger partial charge in [0.05, 0.1) is 20.1 Å². The minimum Gasteiger partial charge on any atom is -0.497 e. The first-order valence-corrected chi connectivity index (χ1v) is 6.65. The molecule has 0 amide bonds. The Morgan fingerprint density at radius 3 is 2.86 bits per heavy atom. The number of carbonyl (C=O) groups excluding carboxylic acids is 1. The van der Waals surface area contributed by atoms with Gasteiger partial charge in [-0.05, 0) is 30.7 Å². The van der Waals surface area contributed by atoms with E-state index in [4.69, 9.17) is 14.6 Å². The van der Waals surface area contributed by atoms with Crippen molar-refractivity contribution in [3.05, 3.63) is 29.5 Å². The molecular weight excluding hydrogens is 274 g/mol. The molecule has 0 saturated heterocycles. The number of benzene rings is 1. The molecule has 0 saturated carbocycles. The Balaban J connectivity index is 2.17. The lowest BCUT2D eigenvalue weighted by Gasteiger charge is -2.08. The fraction of sp³-hybridized carbons (Fsp3) is 0.400. The summed E-state index contributed by atoms with van der Waals surface area (Å²) in [7, 11) is 1.59. The van der Waals surface area contributed by atoms with Gasteiger partial charge in [-0.2, -0.15) is 0 Å². The van der Waals surface area contributed by atoms with Crippen LogP contribution in [-0.4, -0.2) is 47.6 Å². The molecule has 0 radical (unpaired) electrons. The van der Waals surface area contributed by atoms with E-state index in [0.717, 1.165) is 22.2 Å². The first-order chi connectivity index (χ1) is 10.0. The van der Waals surface area contributed by atoms with Gasteiger partial charge in [0, 0.05) is 16.6 Å². The molecule has 0 bridgehead atoms. The van der Waals surface area contributed by atoms with Gasteiger partial charge in [0.15, 0.2) is 0 Å². The van der Waals surface area contributed by atoms with Crippen LogP contribution >= 0.6 is 0 Å². The average Bonchev–Trinajstić information content (AvgIpc) is 2.80. The molecular formula is C15H19NO5. The predicted molar refractivity (Wildman–Crippen MR) is 77.3 cm³/mol. The molecule has 0 aliphatic carbocycles. The highest BCUT2D eigenvalue weighted by Crippen LogP contribution is 2.26. The van der Waals surface area contributed by atoms with Crippen molar-refractivity contribution in [2.45, 2.75) is 19.4 Å². The standard InChI is InChI=1S/C15H19NO5/c1-9-12(6-15(19)21-8-10(18)7-17)13-5-11(20-2)3-4-14(13)16-9/h3-5,10,16-18H,6-8H2,1-2H3. The molecule has 1 unspecified atom stereocenters. The molecule has 6 nitrogen and oxygen atoms in total. The number of rotatable bonds is 6. The monoisotopic (exact) mass is 293 g/mol. The largest absolute Gasteiger partial charge is 0.497 e. The topological polar surface area (TPSA) is 91.8 Å². The zero-order valence-corrected chi connectivity index (χ0v) is 12.0. The van der Waals surface area contributed by atoms with Crippen LogP contribution in [0.1, 0.15) is 11.3 Å². The summed E-state index contributed by atoms with van der Waals surface area (Å²) in [5.41, 5.74) is 2.65. The Morgan fingerprint density at radius 2 is 2.19 bits per heavy atom. The number of aromatic nitrogens is 1. The summed E-state index contributed by atoms with van der Waals surface area (Å²) in [5.74, 6) is 0.265. The van der Waals surface area contributed by atoms with E-state index in [0.29, 0.717) is 5.75 Å². The third-order valence-electron chi connectivity index (χ3n) is 3.30. The minimum absolute atomic E-state index is 0.0944. The lowest BCUT2D eigenvalue weighted by atomic mass is 10.1. The average molecular weight is 293 g/mol. The molecule has 1 aromatic heterocycles. The van der Waals surface area contributed by atoms with Crippen LogP contribution < -0.4 is 4.74 Å². The number of H-pyrrole nitrogens is 1. The molecule has 1 heterocycles. The van der Waals surface area contributed by atoms with Gasteiger partial charge in [0.2, 0.25) is 0 Å². The minimum atomic E-state index is -1.04. The number of esters is 1. The molecule has 1 aromatic carbocycles. The van der Waals surface area contributed by atoms with Crippen molar-refractivity contribution in [3.8, 4) is 5.75 Å². The van der Waals surface area contributed by atoms with Gasteiger partial charge >= 0.3 is 5.97 Å². The zero-order chi connectivity index (χ0) is 15.4. The van der Waals surface area contributed by atoms with E-state index in [9.17, 15) is 9.90 Å². The molecule has 0 spiro atoms. The maximum atomic E-state index is 11.8. The predicted octanol–water partition coefficient (Wildman–Crippen LogP) is 0.924. The van der Waals surface area contributed by atoms with E-state index in [1.807, 2.05) is 25.1 Å². The van der Waals surface area contributed by atoms with Crippen molar-refractivity contribution in [1.82, 2.24) is 4.98 Å². The molecule has 1 atom stereocenters. The number of fused-ring (bicyclic) bond motifs is 1. The van der Waals surface area contributed by atoms with E-state index in [1.54, 1.807) is 7.11 Å². The van der Waals surface area contributed by atoms with Crippen LogP contribution in [-0.2, 0) is 16.0 Å². The lowest BCUT2D eigenvalue weighted by Crippen LogP contribution is -2.22. The van der Waals surface area contributed by atoms with Crippen LogP contribution in [0.15, 0.2) is 18.2 Å². The number of nitrogens with one attached hydrogen (secondary N) is 1. The molecule has 2 rings (SSSR count). The summed E-state index contributed by atoms with van der Waals surface area (Å²) in [5, 5.41) is 18.8. The van der Waals surface area contributed by atoms with E-state index in [-0.39, 0.29) is 13.0 Å². The van der Waals surface area contributed by atoms with Crippen LogP contribution in [0.5, 0.6) is 5.75 Å². The Kier molecular flexibility index (Phi) is 4.82. The SMILES string of the molecule is COc1ccc2[nH]c(C)c(CC(=O)OCC(O)CO)c2c1. The molecule has 0 aliphatic rings. The number of aliphatic hydroxyl groups is 2. The zero-order valence-electron chi connectivity index (χ0n) is 12.0. The Bertz CT molecular complexity index is 634. The maximum absolute atomic E-state index is 11.8. The first-order valence-electron chi connectivity index (χ1n) is 6.65. The summed E-state index contributed by atoms with van der Waals surface area (Å²) in [6.45, 7) is 1.24.